The molecule has 2 aliphatic rings. The molecule has 1 aromatic carbocycles. The number of carbonyl (C=O) groups is 2. The molecule has 2 aliphatic heterocycles. The van der Waals surface area contributed by atoms with Gasteiger partial charge in [-0.05, 0) is 44.9 Å². The second kappa shape index (κ2) is 7.56. The van der Waals surface area contributed by atoms with Crippen molar-refractivity contribution in [2.75, 3.05) is 0 Å². The number of esters is 1. The van der Waals surface area contributed by atoms with Gasteiger partial charge in [0, 0.05) is 4.47 Å². The van der Waals surface area contributed by atoms with E-state index in [-0.39, 0.29) is 17.3 Å². The fraction of sp³-hybridized carbons (Fsp3) is 0.421. The van der Waals surface area contributed by atoms with E-state index in [1.165, 1.54) is 11.8 Å². The summed E-state index contributed by atoms with van der Waals surface area (Å²) in [7, 11) is 0. The van der Waals surface area contributed by atoms with E-state index in [1.807, 2.05) is 45.0 Å². The highest BCUT2D eigenvalue weighted by atomic mass is 79.9. The van der Waals surface area contributed by atoms with Crippen molar-refractivity contribution in [1.29, 1.82) is 0 Å². The number of benzene rings is 1. The van der Waals surface area contributed by atoms with Crippen LogP contribution in [-0.2, 0) is 14.3 Å². The number of amidine groups is 1. The number of rotatable bonds is 4. The zero-order valence-corrected chi connectivity index (χ0v) is 17.6. The molecule has 0 saturated carbocycles. The van der Waals surface area contributed by atoms with Crippen LogP contribution in [0.25, 0.3) is 0 Å². The van der Waals surface area contributed by atoms with E-state index in [2.05, 4.69) is 20.9 Å². The molecule has 5 nitrogen and oxygen atoms in total. The molecular weight excluding hydrogens is 416 g/mol. The third kappa shape index (κ3) is 3.47. The summed E-state index contributed by atoms with van der Waals surface area (Å²) in [6.45, 7) is 7.40. The van der Waals surface area contributed by atoms with E-state index < -0.39 is 12.0 Å². The summed E-state index contributed by atoms with van der Waals surface area (Å²) in [5.41, 5.74) is 1.88. The quantitative estimate of drug-likeness (QED) is 0.654. The molecule has 0 N–H and O–H groups in total. The molecule has 2 atom stereocenters. The molecule has 3 rings (SSSR count). The highest BCUT2D eigenvalue weighted by Gasteiger charge is 2.47. The summed E-state index contributed by atoms with van der Waals surface area (Å²) in [6, 6.07) is 7.14. The first-order valence-corrected chi connectivity index (χ1v) is 10.3. The summed E-state index contributed by atoms with van der Waals surface area (Å²) in [5.74, 6) is -0.438. The summed E-state index contributed by atoms with van der Waals surface area (Å²) in [4.78, 5) is 32.0. The second-order valence-corrected chi connectivity index (χ2v) is 8.61. The largest absolute Gasteiger partial charge is 0.459 e. The number of allylic oxidation sites excluding steroid dienone is 1. The van der Waals surface area contributed by atoms with Crippen LogP contribution in [0.2, 0.25) is 0 Å². The lowest BCUT2D eigenvalue weighted by Gasteiger charge is -2.33. The van der Waals surface area contributed by atoms with Crippen LogP contribution in [0.5, 0.6) is 0 Å². The Kier molecular flexibility index (Phi) is 5.58. The minimum absolute atomic E-state index is 0.0106. The Bertz CT molecular complexity index is 819. The fourth-order valence-corrected chi connectivity index (χ4v) is 4.67. The maximum absolute atomic E-state index is 13.0. The van der Waals surface area contributed by atoms with Crippen molar-refractivity contribution in [1.82, 2.24) is 4.90 Å². The standard InChI is InChI=1S/C19H21BrN2O3S/c1-5-14-17(23)22-16(12-7-6-8-13(20)9-12)15(18(24)25-10(2)3)11(4)21-19(22)26-14/h6-10,14,16H,5H2,1-4H3/t14-,16-/m0/s1. The normalized spacial score (nSPS) is 22.6. The number of ether oxygens (including phenoxy) is 1. The lowest BCUT2D eigenvalue weighted by Crippen LogP contribution is -2.41. The van der Waals surface area contributed by atoms with E-state index in [4.69, 9.17) is 4.74 Å². The Morgan fingerprint density at radius 2 is 2.15 bits per heavy atom. The first-order valence-electron chi connectivity index (χ1n) is 8.59. The number of fused-ring (bicyclic) bond motifs is 1. The second-order valence-electron chi connectivity index (χ2n) is 6.53. The van der Waals surface area contributed by atoms with Gasteiger partial charge in [-0.25, -0.2) is 9.79 Å². The molecule has 0 unspecified atom stereocenters. The Morgan fingerprint density at radius 3 is 2.77 bits per heavy atom. The van der Waals surface area contributed by atoms with Crippen LogP contribution in [0.3, 0.4) is 0 Å². The highest BCUT2D eigenvalue weighted by Crippen LogP contribution is 2.44. The lowest BCUT2D eigenvalue weighted by molar-refractivity contribution is -0.143. The number of thioether (sulfide) groups is 1. The van der Waals surface area contributed by atoms with E-state index in [0.29, 0.717) is 16.4 Å². The van der Waals surface area contributed by atoms with Gasteiger partial charge in [0.05, 0.1) is 28.7 Å². The minimum atomic E-state index is -0.525. The van der Waals surface area contributed by atoms with Gasteiger partial charge in [-0.1, -0.05) is 46.7 Å². The van der Waals surface area contributed by atoms with Crippen molar-refractivity contribution in [3.63, 3.8) is 0 Å². The zero-order chi connectivity index (χ0) is 19.0. The molecule has 138 valence electrons. The Hall–Kier alpha value is -1.60. The topological polar surface area (TPSA) is 59.0 Å². The fourth-order valence-electron chi connectivity index (χ4n) is 3.12. The minimum Gasteiger partial charge on any atom is -0.459 e. The Morgan fingerprint density at radius 1 is 1.42 bits per heavy atom. The first-order chi connectivity index (χ1) is 12.3. The van der Waals surface area contributed by atoms with E-state index in [0.717, 1.165) is 16.5 Å². The van der Waals surface area contributed by atoms with Gasteiger partial charge >= 0.3 is 5.97 Å². The van der Waals surface area contributed by atoms with Gasteiger partial charge in [0.25, 0.3) is 0 Å². The van der Waals surface area contributed by atoms with Crippen molar-refractivity contribution >= 4 is 44.7 Å². The molecule has 0 spiro atoms. The van der Waals surface area contributed by atoms with Gasteiger partial charge < -0.3 is 4.74 Å². The number of carbonyl (C=O) groups excluding carboxylic acids is 2. The van der Waals surface area contributed by atoms with Crippen molar-refractivity contribution in [3.05, 3.63) is 45.6 Å². The van der Waals surface area contributed by atoms with Crippen molar-refractivity contribution in [2.45, 2.75) is 51.5 Å². The van der Waals surface area contributed by atoms with E-state index in [1.54, 1.807) is 11.8 Å². The van der Waals surface area contributed by atoms with Gasteiger partial charge in [0.1, 0.15) is 0 Å². The number of hydrogen-bond donors (Lipinski definition) is 0. The average Bonchev–Trinajstić information content (AvgIpc) is 2.88. The molecule has 1 amide bonds. The molecule has 0 radical (unpaired) electrons. The monoisotopic (exact) mass is 436 g/mol. The molecule has 7 heteroatoms. The maximum Gasteiger partial charge on any atom is 0.338 e. The van der Waals surface area contributed by atoms with Crippen LogP contribution in [0, 0.1) is 0 Å². The summed E-state index contributed by atoms with van der Waals surface area (Å²) in [6.07, 6.45) is 0.470. The molecule has 0 bridgehead atoms. The molecule has 2 heterocycles. The maximum atomic E-state index is 13.0. The third-order valence-electron chi connectivity index (χ3n) is 4.25. The third-order valence-corrected chi connectivity index (χ3v) is 6.06. The molecular formula is C19H21BrN2O3S. The number of aliphatic imine (C=N–C) groups is 1. The van der Waals surface area contributed by atoms with Gasteiger partial charge in [-0.2, -0.15) is 0 Å². The van der Waals surface area contributed by atoms with Crippen LogP contribution < -0.4 is 0 Å². The Balaban J connectivity index is 2.13. The highest BCUT2D eigenvalue weighted by molar-refractivity contribution is 9.10. The van der Waals surface area contributed by atoms with Gasteiger partial charge in [0.15, 0.2) is 5.17 Å². The predicted octanol–water partition coefficient (Wildman–Crippen LogP) is 4.44. The van der Waals surface area contributed by atoms with Crippen LogP contribution in [0.4, 0.5) is 0 Å². The van der Waals surface area contributed by atoms with Gasteiger partial charge in [0.2, 0.25) is 5.91 Å². The van der Waals surface area contributed by atoms with Crippen LogP contribution in [-0.4, -0.2) is 33.3 Å². The molecule has 1 fully saturated rings. The smallest absolute Gasteiger partial charge is 0.338 e. The number of amides is 1. The lowest BCUT2D eigenvalue weighted by atomic mass is 9.94. The summed E-state index contributed by atoms with van der Waals surface area (Å²) >= 11 is 4.95. The molecule has 26 heavy (non-hydrogen) atoms. The van der Waals surface area contributed by atoms with Crippen molar-refractivity contribution < 1.29 is 14.3 Å². The summed E-state index contributed by atoms with van der Waals surface area (Å²) in [5, 5.41) is 0.488. The van der Waals surface area contributed by atoms with Crippen molar-refractivity contribution in [2.24, 2.45) is 4.99 Å². The van der Waals surface area contributed by atoms with Crippen LogP contribution >= 0.6 is 27.7 Å². The average molecular weight is 437 g/mol. The molecule has 1 aromatic rings. The van der Waals surface area contributed by atoms with Crippen LogP contribution in [0.1, 0.15) is 45.7 Å². The number of nitrogens with zero attached hydrogens (tertiary/aromatic N) is 2. The predicted molar refractivity (Wildman–Crippen MR) is 107 cm³/mol. The SMILES string of the molecule is CC[C@@H]1SC2=NC(C)=C(C(=O)OC(C)C)[C@H](c3cccc(Br)c3)N2C1=O. The van der Waals surface area contributed by atoms with Gasteiger partial charge in [-0.15, -0.1) is 0 Å². The summed E-state index contributed by atoms with van der Waals surface area (Å²) < 4.78 is 6.34. The molecule has 0 aliphatic carbocycles. The first kappa shape index (κ1) is 19.2. The Labute approximate surface area is 166 Å². The number of halogens is 1. The number of hydrogen-bond acceptors (Lipinski definition) is 5. The van der Waals surface area contributed by atoms with Gasteiger partial charge in [-0.3, -0.25) is 9.69 Å². The van der Waals surface area contributed by atoms with E-state index in [9.17, 15) is 9.59 Å². The zero-order valence-electron chi connectivity index (χ0n) is 15.2. The van der Waals surface area contributed by atoms with E-state index >= 15 is 0 Å². The molecule has 0 aromatic heterocycles. The van der Waals surface area contributed by atoms with Crippen LogP contribution in [0.15, 0.2) is 45.0 Å². The molecule has 1 saturated heterocycles. The van der Waals surface area contributed by atoms with Crippen molar-refractivity contribution in [3.8, 4) is 0 Å².